The van der Waals surface area contributed by atoms with Crippen LogP contribution in [0.2, 0.25) is 0 Å². The fourth-order valence-corrected chi connectivity index (χ4v) is 5.31. The number of fused-ring (bicyclic) bond motifs is 1. The van der Waals surface area contributed by atoms with Crippen LogP contribution in [0.3, 0.4) is 0 Å². The number of hydrogen-bond acceptors (Lipinski definition) is 5. The molecule has 0 saturated carbocycles. The monoisotopic (exact) mass is 452 g/mol. The smallest absolute Gasteiger partial charge is 0.268 e. The van der Waals surface area contributed by atoms with Crippen molar-refractivity contribution in [2.24, 2.45) is 0 Å². The zero-order chi connectivity index (χ0) is 22.5. The van der Waals surface area contributed by atoms with Crippen molar-refractivity contribution < 1.29 is 4.79 Å². The van der Waals surface area contributed by atoms with Crippen molar-refractivity contribution >= 4 is 33.2 Å². The number of aromatic nitrogens is 1. The molecule has 1 aliphatic rings. The summed E-state index contributed by atoms with van der Waals surface area (Å²) >= 11 is 1.47. The summed E-state index contributed by atoms with van der Waals surface area (Å²) < 4.78 is 2.76. The lowest BCUT2D eigenvalue weighted by atomic mass is 10.1. The third-order valence-corrected chi connectivity index (χ3v) is 7.48. The zero-order valence-electron chi connectivity index (χ0n) is 19.0. The van der Waals surface area contributed by atoms with Crippen molar-refractivity contribution in [1.82, 2.24) is 14.2 Å². The normalized spacial score (nSPS) is 14.8. The molecule has 1 aromatic heterocycles. The van der Waals surface area contributed by atoms with E-state index in [2.05, 4.69) is 47.2 Å². The second kappa shape index (κ2) is 10.3. The number of amides is 1. The highest BCUT2D eigenvalue weighted by molar-refractivity contribution is 7.13. The van der Waals surface area contributed by atoms with E-state index in [1.807, 2.05) is 24.3 Å². The van der Waals surface area contributed by atoms with E-state index in [0.717, 1.165) is 42.8 Å². The lowest BCUT2D eigenvalue weighted by molar-refractivity contribution is -0.121. The highest BCUT2D eigenvalue weighted by Crippen LogP contribution is 2.23. The molecule has 1 fully saturated rings. The van der Waals surface area contributed by atoms with Crippen molar-refractivity contribution in [2.45, 2.75) is 33.2 Å². The molecule has 32 heavy (non-hydrogen) atoms. The number of rotatable bonds is 8. The van der Waals surface area contributed by atoms with Crippen LogP contribution in [-0.2, 0) is 11.3 Å². The summed E-state index contributed by atoms with van der Waals surface area (Å²) in [5.74, 6) is 0.0631. The second-order valence-electron chi connectivity index (χ2n) is 8.50. The van der Waals surface area contributed by atoms with Gasteiger partial charge in [0.15, 0.2) is 0 Å². The molecule has 2 aromatic carbocycles. The van der Waals surface area contributed by atoms with Crippen molar-refractivity contribution in [3.05, 3.63) is 63.9 Å². The van der Waals surface area contributed by atoms with E-state index in [1.165, 1.54) is 28.3 Å². The molecule has 0 radical (unpaired) electrons. The third-order valence-electron chi connectivity index (χ3n) is 6.36. The van der Waals surface area contributed by atoms with Gasteiger partial charge >= 0.3 is 0 Å². The Balaban J connectivity index is 1.14. The highest BCUT2D eigenvalue weighted by Gasteiger charge is 2.18. The summed E-state index contributed by atoms with van der Waals surface area (Å²) in [4.78, 5) is 29.5. The van der Waals surface area contributed by atoms with Crippen LogP contribution in [0.5, 0.6) is 0 Å². The standard InChI is InChI=1S/C25H32N4O2S/c1-19-7-5-9-22(20(19)2)28-17-15-27(16-18-28)14-12-26-24(30)11-6-13-29-25(31)21-8-3-4-10-23(21)32-29/h3-5,7-10H,6,11-18H2,1-2H3,(H,26,30). The van der Waals surface area contributed by atoms with Gasteiger partial charge in [0, 0.05) is 57.9 Å². The molecule has 0 spiro atoms. The molecule has 6 nitrogen and oxygen atoms in total. The molecule has 7 heteroatoms. The van der Waals surface area contributed by atoms with E-state index < -0.39 is 0 Å². The Bertz CT molecular complexity index is 1130. The molecule has 1 aliphatic heterocycles. The van der Waals surface area contributed by atoms with Crippen LogP contribution >= 0.6 is 11.5 Å². The van der Waals surface area contributed by atoms with Gasteiger partial charge in [0.25, 0.3) is 5.56 Å². The van der Waals surface area contributed by atoms with Crippen LogP contribution in [0.25, 0.3) is 10.1 Å². The summed E-state index contributed by atoms with van der Waals surface area (Å²) in [7, 11) is 0. The van der Waals surface area contributed by atoms with Gasteiger partial charge < -0.3 is 10.2 Å². The van der Waals surface area contributed by atoms with Crippen molar-refractivity contribution in [2.75, 3.05) is 44.2 Å². The minimum atomic E-state index is 0.0472. The van der Waals surface area contributed by atoms with Gasteiger partial charge in [0.05, 0.1) is 10.1 Å². The van der Waals surface area contributed by atoms with E-state index in [1.54, 1.807) is 3.96 Å². The number of carbonyl (C=O) groups excluding carboxylic acids is 1. The Hall–Kier alpha value is -2.64. The van der Waals surface area contributed by atoms with Crippen molar-refractivity contribution in [3.63, 3.8) is 0 Å². The minimum absolute atomic E-state index is 0.0472. The molecule has 1 N–H and O–H groups in total. The maximum Gasteiger partial charge on any atom is 0.268 e. The van der Waals surface area contributed by atoms with Crippen LogP contribution in [0.1, 0.15) is 24.0 Å². The lowest BCUT2D eigenvalue weighted by Gasteiger charge is -2.37. The molecule has 2 heterocycles. The van der Waals surface area contributed by atoms with Crippen molar-refractivity contribution in [1.29, 1.82) is 0 Å². The Morgan fingerprint density at radius 3 is 2.56 bits per heavy atom. The predicted octanol–water partition coefficient (Wildman–Crippen LogP) is 3.40. The van der Waals surface area contributed by atoms with Gasteiger partial charge in [-0.1, -0.05) is 35.8 Å². The molecule has 3 aromatic rings. The molecule has 4 rings (SSSR count). The maximum atomic E-state index is 12.4. The second-order valence-corrected chi connectivity index (χ2v) is 9.56. The fourth-order valence-electron chi connectivity index (χ4n) is 4.28. The molecule has 1 saturated heterocycles. The molecule has 170 valence electrons. The van der Waals surface area contributed by atoms with E-state index in [4.69, 9.17) is 0 Å². The average Bonchev–Trinajstić information content (AvgIpc) is 3.12. The van der Waals surface area contributed by atoms with Crippen LogP contribution < -0.4 is 15.8 Å². The maximum absolute atomic E-state index is 12.4. The van der Waals surface area contributed by atoms with E-state index in [0.29, 0.717) is 25.9 Å². The largest absolute Gasteiger partial charge is 0.369 e. The topological polar surface area (TPSA) is 57.6 Å². The van der Waals surface area contributed by atoms with E-state index >= 15 is 0 Å². The fraction of sp³-hybridized carbons (Fsp3) is 0.440. The first-order valence-corrected chi connectivity index (χ1v) is 12.2. The third kappa shape index (κ3) is 5.22. The summed E-state index contributed by atoms with van der Waals surface area (Å²) in [5.41, 5.74) is 4.10. The molecule has 0 aliphatic carbocycles. The summed E-state index contributed by atoms with van der Waals surface area (Å²) in [5, 5.41) is 3.80. The Labute approximate surface area is 193 Å². The average molecular weight is 453 g/mol. The first-order valence-electron chi connectivity index (χ1n) is 11.4. The van der Waals surface area contributed by atoms with Gasteiger partial charge in [-0.05, 0) is 49.6 Å². The van der Waals surface area contributed by atoms with E-state index in [9.17, 15) is 9.59 Å². The SMILES string of the molecule is Cc1cccc(N2CCN(CCNC(=O)CCCn3sc4ccccc4c3=O)CC2)c1C. The molecule has 1 amide bonds. The first-order chi connectivity index (χ1) is 15.5. The number of anilines is 1. The predicted molar refractivity (Wildman–Crippen MR) is 133 cm³/mol. The highest BCUT2D eigenvalue weighted by atomic mass is 32.1. The van der Waals surface area contributed by atoms with E-state index in [-0.39, 0.29) is 11.5 Å². The lowest BCUT2D eigenvalue weighted by Crippen LogP contribution is -2.48. The van der Waals surface area contributed by atoms with Gasteiger partial charge in [0.2, 0.25) is 5.91 Å². The Morgan fingerprint density at radius 2 is 1.78 bits per heavy atom. The van der Waals surface area contributed by atoms with Crippen LogP contribution in [0.15, 0.2) is 47.3 Å². The number of nitrogens with one attached hydrogen (secondary N) is 1. The number of nitrogens with zero attached hydrogens (tertiary/aromatic N) is 3. The van der Waals surface area contributed by atoms with Crippen molar-refractivity contribution in [3.8, 4) is 0 Å². The molecular weight excluding hydrogens is 420 g/mol. The Kier molecular flexibility index (Phi) is 7.27. The molecular formula is C25H32N4O2S. The van der Waals surface area contributed by atoms with Crippen LogP contribution in [0.4, 0.5) is 5.69 Å². The van der Waals surface area contributed by atoms with Gasteiger partial charge in [-0.2, -0.15) is 0 Å². The van der Waals surface area contributed by atoms with Gasteiger partial charge in [-0.25, -0.2) is 0 Å². The quantitative estimate of drug-likeness (QED) is 0.569. The number of benzene rings is 2. The number of aryl methyl sites for hydroxylation is 2. The minimum Gasteiger partial charge on any atom is -0.369 e. The molecule has 0 atom stereocenters. The van der Waals surface area contributed by atoms with Crippen LogP contribution in [0, 0.1) is 13.8 Å². The summed E-state index contributed by atoms with van der Waals surface area (Å²) in [6.07, 6.45) is 1.12. The first kappa shape index (κ1) is 22.6. The Morgan fingerprint density at radius 1 is 1.00 bits per heavy atom. The zero-order valence-corrected chi connectivity index (χ0v) is 19.8. The molecule has 0 bridgehead atoms. The number of hydrogen-bond donors (Lipinski definition) is 1. The van der Waals surface area contributed by atoms with Crippen LogP contribution in [-0.4, -0.2) is 54.0 Å². The number of carbonyl (C=O) groups is 1. The van der Waals surface area contributed by atoms with Gasteiger partial charge in [-0.3, -0.25) is 18.4 Å². The van der Waals surface area contributed by atoms with Gasteiger partial charge in [-0.15, -0.1) is 0 Å². The number of piperazine rings is 1. The van der Waals surface area contributed by atoms with Gasteiger partial charge in [0.1, 0.15) is 0 Å². The molecule has 0 unspecified atom stereocenters. The summed E-state index contributed by atoms with van der Waals surface area (Å²) in [6, 6.07) is 14.2. The summed E-state index contributed by atoms with van der Waals surface area (Å²) in [6.45, 7) is 10.6.